The monoisotopic (exact) mass is 2040 g/mol. The summed E-state index contributed by atoms with van der Waals surface area (Å²) >= 11 is 0. The maximum atomic E-state index is 13.6. The third-order valence-electron chi connectivity index (χ3n) is 32.3. The summed E-state index contributed by atoms with van der Waals surface area (Å²) in [6.45, 7) is 22.1. The molecule has 24 nitrogen and oxygen atoms in total. The molecular formula is C120H177F3N12O12. The number of fused-ring (bicyclic) bond motifs is 6. The molecule has 147 heavy (non-hydrogen) atoms. The molecule has 3 aromatic carbocycles. The zero-order valence-electron chi connectivity index (χ0n) is 90.5. The molecular weight excluding hydrogens is 1860 g/mol. The molecule has 3 saturated heterocycles. The lowest BCUT2D eigenvalue weighted by Crippen LogP contribution is -2.38. The van der Waals surface area contributed by atoms with Gasteiger partial charge in [0.15, 0.2) is 52.5 Å². The molecule has 6 aliphatic heterocycles. The zero-order chi connectivity index (χ0) is 103. The molecule has 0 radical (unpaired) electrons. The Kier molecular flexibility index (Phi) is 48.9. The van der Waals surface area contributed by atoms with Gasteiger partial charge in [0.05, 0.1) is 17.1 Å². The van der Waals surface area contributed by atoms with Gasteiger partial charge < -0.3 is 42.5 Å². The number of carbonyl (C=O) groups excluding carboxylic acids is 3. The Hall–Kier alpha value is -9.21. The Morgan fingerprint density at radius 3 is 0.748 bits per heavy atom. The standard InChI is InChI=1S/3C40H59FN4O4/c3*1-3-4-5-6-7-8-9-10-11-12-13-14-15-16-19-37(46)48-35-18-17-25-45-39(35)42-30(2)33(40(45)47)24-28-44-26-22-31(23-27-44)38-34-21-20-32(41)29-36(34)49-43-38/h3*20-21,29,31,35H,3-19,22-28H2,1-2H3. The van der Waals surface area contributed by atoms with Gasteiger partial charge in [-0.1, -0.05) is 287 Å². The van der Waals surface area contributed by atoms with Crippen molar-refractivity contribution in [3.8, 4) is 0 Å². The van der Waals surface area contributed by atoms with Crippen LogP contribution in [0.4, 0.5) is 13.2 Å². The van der Waals surface area contributed by atoms with E-state index in [1.54, 1.807) is 31.9 Å². The van der Waals surface area contributed by atoms with Crippen LogP contribution in [0, 0.1) is 38.2 Å². The summed E-state index contributed by atoms with van der Waals surface area (Å²) in [5.41, 5.74) is 8.73. The smallest absolute Gasteiger partial charge is 0.306 e. The lowest BCUT2D eigenvalue weighted by atomic mass is 9.91. The summed E-state index contributed by atoms with van der Waals surface area (Å²) in [7, 11) is 0. The van der Waals surface area contributed by atoms with Crippen LogP contribution in [0.1, 0.15) is 491 Å². The molecule has 6 aromatic heterocycles. The summed E-state index contributed by atoms with van der Waals surface area (Å²) in [5, 5.41) is 15.5. The number of aryl methyl sites for hydroxylation is 3. The van der Waals surface area contributed by atoms with Crippen molar-refractivity contribution >= 4 is 50.8 Å². The van der Waals surface area contributed by atoms with E-state index < -0.39 is 18.3 Å². The Bertz CT molecular complexity index is 5120. The number of hydrogen-bond donors (Lipinski definition) is 0. The number of carbonyl (C=O) groups is 3. The Morgan fingerprint density at radius 1 is 0.306 bits per heavy atom. The number of aromatic nitrogens is 9. The van der Waals surface area contributed by atoms with Gasteiger partial charge >= 0.3 is 17.9 Å². The molecule has 6 aliphatic rings. The first-order chi connectivity index (χ1) is 71.8. The first-order valence-electron chi connectivity index (χ1n) is 58.5. The van der Waals surface area contributed by atoms with Crippen LogP contribution in [0.5, 0.6) is 0 Å². The highest BCUT2D eigenvalue weighted by Crippen LogP contribution is 2.39. The minimum atomic E-state index is -0.448. The van der Waals surface area contributed by atoms with Crippen molar-refractivity contribution in [2.24, 2.45) is 0 Å². The number of rotatable bonds is 60. The fourth-order valence-corrected chi connectivity index (χ4v) is 23.3. The molecule has 0 spiro atoms. The van der Waals surface area contributed by atoms with E-state index in [2.05, 4.69) is 50.9 Å². The largest absolute Gasteiger partial charge is 0.454 e. The van der Waals surface area contributed by atoms with Crippen LogP contribution in [0.25, 0.3) is 32.9 Å². The van der Waals surface area contributed by atoms with E-state index in [1.165, 1.54) is 268 Å². The van der Waals surface area contributed by atoms with E-state index in [0.29, 0.717) is 112 Å². The first-order valence-corrected chi connectivity index (χ1v) is 58.5. The van der Waals surface area contributed by atoms with Crippen molar-refractivity contribution in [2.75, 3.05) is 58.9 Å². The molecule has 3 unspecified atom stereocenters. The average molecular weight is 2040 g/mol. The molecule has 0 aliphatic carbocycles. The number of halogens is 3. The highest BCUT2D eigenvalue weighted by atomic mass is 19.1. The van der Waals surface area contributed by atoms with Crippen LogP contribution in [-0.2, 0) is 67.5 Å². The average Bonchev–Trinajstić information content (AvgIpc) is 1.78. The minimum Gasteiger partial charge on any atom is -0.454 e. The Morgan fingerprint density at radius 2 is 0.524 bits per heavy atom. The fourth-order valence-electron chi connectivity index (χ4n) is 23.3. The van der Waals surface area contributed by atoms with Crippen molar-refractivity contribution in [3.63, 3.8) is 0 Å². The SMILES string of the molecule is CCCCCCCCCCCCCCCCC(=O)OC1CCCn2c1nc(C)c(CCN1CCC(c3noc4cc(F)ccc34)CC1)c2=O.CCCCCCCCCCCCCCCCC(=O)OC1CCCn2c1nc(C)c(CCN1CCC(c3noc4cc(F)ccc34)CC1)c2=O.CCCCCCCCCCCCCCCCC(=O)OC1CCCn2c1nc(C)c(CCN1CCC(c3noc4cc(F)ccc34)CC1)c2=O. The molecule has 810 valence electrons. The normalized spacial score (nSPS) is 17.1. The van der Waals surface area contributed by atoms with Crippen molar-refractivity contribution in [1.29, 1.82) is 0 Å². The number of piperidine rings is 3. The van der Waals surface area contributed by atoms with E-state index >= 15 is 0 Å². The second-order valence-electron chi connectivity index (χ2n) is 43.6. The highest BCUT2D eigenvalue weighted by Gasteiger charge is 2.36. The third-order valence-corrected chi connectivity index (χ3v) is 32.3. The first kappa shape index (κ1) is 115. The molecule has 9 aromatic rings. The molecule has 0 N–H and O–H groups in total. The summed E-state index contributed by atoms with van der Waals surface area (Å²) in [5.74, 6) is 1.14. The van der Waals surface area contributed by atoms with Crippen molar-refractivity contribution in [1.82, 2.24) is 58.8 Å². The van der Waals surface area contributed by atoms with Gasteiger partial charge in [0, 0.05) is 144 Å². The number of hydrogen-bond acceptors (Lipinski definition) is 21. The summed E-state index contributed by atoms with van der Waals surface area (Å²) in [6.07, 6.45) is 65.9. The van der Waals surface area contributed by atoms with Gasteiger partial charge in [-0.15, -0.1) is 0 Å². The lowest BCUT2D eigenvalue weighted by Gasteiger charge is -2.31. The zero-order valence-corrected chi connectivity index (χ0v) is 90.5. The molecule has 0 bridgehead atoms. The number of benzene rings is 3. The van der Waals surface area contributed by atoms with Crippen LogP contribution >= 0.6 is 0 Å². The van der Waals surface area contributed by atoms with Gasteiger partial charge in [0.25, 0.3) is 16.7 Å². The molecule has 3 fully saturated rings. The third kappa shape index (κ3) is 35.7. The van der Waals surface area contributed by atoms with Gasteiger partial charge in [-0.3, -0.25) is 42.5 Å². The Labute approximate surface area is 872 Å². The molecule has 0 saturated carbocycles. The Balaban J connectivity index is 0.000000184. The van der Waals surface area contributed by atoms with Crippen molar-refractivity contribution in [2.45, 2.75) is 482 Å². The van der Waals surface area contributed by atoms with Crippen LogP contribution in [-0.4, -0.2) is 136 Å². The van der Waals surface area contributed by atoms with Gasteiger partial charge in [0.2, 0.25) is 0 Å². The van der Waals surface area contributed by atoms with Gasteiger partial charge in [-0.25, -0.2) is 28.1 Å². The molecule has 0 amide bonds. The minimum absolute atomic E-state index is 0.00593. The predicted molar refractivity (Wildman–Crippen MR) is 577 cm³/mol. The highest BCUT2D eigenvalue weighted by molar-refractivity contribution is 5.81. The second kappa shape index (κ2) is 62.6. The van der Waals surface area contributed by atoms with Crippen LogP contribution in [0.2, 0.25) is 0 Å². The number of unbranched alkanes of at least 4 members (excludes halogenated alkanes) is 39. The topological polar surface area (TPSA) is 271 Å². The van der Waals surface area contributed by atoms with Crippen LogP contribution < -0.4 is 16.7 Å². The molecule has 15 rings (SSSR count). The summed E-state index contributed by atoms with van der Waals surface area (Å²) in [4.78, 5) is 101. The number of likely N-dealkylation sites (tertiary alicyclic amines) is 3. The molecule has 3 atom stereocenters. The van der Waals surface area contributed by atoms with Crippen LogP contribution in [0.15, 0.2) is 82.6 Å². The summed E-state index contributed by atoms with van der Waals surface area (Å²) in [6, 6.07) is 13.8. The number of nitrogens with zero attached hydrogens (tertiary/aromatic N) is 12. The molecule has 27 heteroatoms. The quantitative estimate of drug-likeness (QED) is 0.0195. The maximum Gasteiger partial charge on any atom is 0.306 e. The fraction of sp³-hybridized carbons (Fsp3) is 0.700. The van der Waals surface area contributed by atoms with E-state index in [9.17, 15) is 41.9 Å². The maximum absolute atomic E-state index is 13.6. The van der Waals surface area contributed by atoms with Crippen LogP contribution in [0.3, 0.4) is 0 Å². The van der Waals surface area contributed by atoms with E-state index in [-0.39, 0.29) is 69.8 Å². The van der Waals surface area contributed by atoms with Gasteiger partial charge in [-0.05, 0) is 212 Å². The number of ether oxygens (including phenoxy) is 3. The van der Waals surface area contributed by atoms with Gasteiger partial charge in [0.1, 0.15) is 17.5 Å². The lowest BCUT2D eigenvalue weighted by molar-refractivity contribution is -0.152. The van der Waals surface area contributed by atoms with E-state index in [1.807, 2.05) is 20.8 Å². The van der Waals surface area contributed by atoms with Crippen molar-refractivity contribution in [3.05, 3.63) is 171 Å². The van der Waals surface area contributed by atoms with Gasteiger partial charge in [-0.2, -0.15) is 0 Å². The second-order valence-corrected chi connectivity index (χ2v) is 43.6. The van der Waals surface area contributed by atoms with E-state index in [4.69, 9.17) is 42.7 Å². The molecule has 12 heterocycles. The summed E-state index contributed by atoms with van der Waals surface area (Å²) < 4.78 is 79.9. The van der Waals surface area contributed by atoms with E-state index in [0.717, 1.165) is 222 Å². The predicted octanol–water partition coefficient (Wildman–Crippen LogP) is 28.5. The number of esters is 3. The van der Waals surface area contributed by atoms with Crippen molar-refractivity contribution < 1.29 is 55.3 Å².